The molecule has 1 aromatic heterocycles. The maximum Gasteiger partial charge on any atom is 0.251 e. The first-order valence-electron chi connectivity index (χ1n) is 6.84. The number of rotatable bonds is 2. The van der Waals surface area contributed by atoms with Gasteiger partial charge in [-0.25, -0.2) is 4.98 Å². The van der Waals surface area contributed by atoms with E-state index in [0.717, 1.165) is 12.8 Å². The molecule has 1 saturated carbocycles. The van der Waals surface area contributed by atoms with Crippen molar-refractivity contribution in [2.24, 2.45) is 17.1 Å². The van der Waals surface area contributed by atoms with Gasteiger partial charge in [-0.1, -0.05) is 32.5 Å². The molecule has 5 heteroatoms. The second-order valence-corrected chi connectivity index (χ2v) is 7.66. The number of aromatic amines is 1. The first kappa shape index (κ1) is 14.6. The van der Waals surface area contributed by atoms with Crippen LogP contribution in [0.15, 0.2) is 22.2 Å². The maximum atomic E-state index is 11.3. The molecule has 0 aromatic carbocycles. The SMILES string of the molecule is CC(C)(C)C1CCC(N)C(Sc2nccc(=O)[nH]2)C1. The summed E-state index contributed by atoms with van der Waals surface area (Å²) in [5, 5.41) is 1.02. The second-order valence-electron chi connectivity index (χ2n) is 6.44. The lowest BCUT2D eigenvalue weighted by Crippen LogP contribution is -2.41. The second kappa shape index (κ2) is 5.67. The quantitative estimate of drug-likeness (QED) is 0.817. The van der Waals surface area contributed by atoms with Gasteiger partial charge in [0, 0.05) is 23.6 Å². The van der Waals surface area contributed by atoms with E-state index in [1.807, 2.05) is 0 Å². The third-order valence-electron chi connectivity index (χ3n) is 3.98. The predicted molar refractivity (Wildman–Crippen MR) is 79.3 cm³/mol. The van der Waals surface area contributed by atoms with Crippen molar-refractivity contribution >= 4 is 11.8 Å². The van der Waals surface area contributed by atoms with Gasteiger partial charge in [0.2, 0.25) is 0 Å². The zero-order chi connectivity index (χ0) is 14.0. The zero-order valence-electron chi connectivity index (χ0n) is 11.8. The molecule has 3 N–H and O–H groups in total. The van der Waals surface area contributed by atoms with Crippen LogP contribution in [-0.4, -0.2) is 21.3 Å². The average molecular weight is 281 g/mol. The van der Waals surface area contributed by atoms with Crippen molar-refractivity contribution < 1.29 is 0 Å². The van der Waals surface area contributed by atoms with Gasteiger partial charge in [-0.05, 0) is 30.6 Å². The molecule has 19 heavy (non-hydrogen) atoms. The Bertz CT molecular complexity index is 480. The number of hydrogen-bond acceptors (Lipinski definition) is 4. The van der Waals surface area contributed by atoms with Gasteiger partial charge in [0.15, 0.2) is 5.16 Å². The summed E-state index contributed by atoms with van der Waals surface area (Å²) in [7, 11) is 0. The molecule has 0 bridgehead atoms. The summed E-state index contributed by atoms with van der Waals surface area (Å²) in [5.41, 5.74) is 6.44. The largest absolute Gasteiger partial charge is 0.327 e. The molecule has 106 valence electrons. The summed E-state index contributed by atoms with van der Waals surface area (Å²) in [4.78, 5) is 18.3. The number of hydrogen-bond donors (Lipinski definition) is 2. The van der Waals surface area contributed by atoms with E-state index in [9.17, 15) is 4.79 Å². The zero-order valence-corrected chi connectivity index (χ0v) is 12.7. The van der Waals surface area contributed by atoms with E-state index in [-0.39, 0.29) is 11.6 Å². The van der Waals surface area contributed by atoms with Gasteiger partial charge in [0.1, 0.15) is 0 Å². The van der Waals surface area contributed by atoms with E-state index in [1.165, 1.54) is 12.5 Å². The van der Waals surface area contributed by atoms with E-state index in [2.05, 4.69) is 30.7 Å². The van der Waals surface area contributed by atoms with Crippen LogP contribution in [0.5, 0.6) is 0 Å². The number of nitrogens with one attached hydrogen (secondary N) is 1. The van der Waals surface area contributed by atoms with Gasteiger partial charge < -0.3 is 10.7 Å². The number of aromatic nitrogens is 2. The monoisotopic (exact) mass is 281 g/mol. The van der Waals surface area contributed by atoms with Gasteiger partial charge >= 0.3 is 0 Å². The Kier molecular flexibility index (Phi) is 4.36. The fraction of sp³-hybridized carbons (Fsp3) is 0.714. The van der Waals surface area contributed by atoms with Crippen LogP contribution < -0.4 is 11.3 Å². The minimum atomic E-state index is -0.103. The molecule has 1 aromatic rings. The first-order chi connectivity index (χ1) is 8.86. The van der Waals surface area contributed by atoms with Crippen molar-refractivity contribution in [3.8, 4) is 0 Å². The van der Waals surface area contributed by atoms with Gasteiger partial charge in [-0.3, -0.25) is 4.79 Å². The molecule has 3 atom stereocenters. The average Bonchev–Trinajstić information content (AvgIpc) is 2.30. The molecule has 0 radical (unpaired) electrons. The Morgan fingerprint density at radius 3 is 2.79 bits per heavy atom. The molecule has 0 spiro atoms. The van der Waals surface area contributed by atoms with Gasteiger partial charge in [-0.15, -0.1) is 0 Å². The fourth-order valence-corrected chi connectivity index (χ4v) is 3.84. The van der Waals surface area contributed by atoms with E-state index in [4.69, 9.17) is 5.73 Å². The van der Waals surface area contributed by atoms with Crippen LogP contribution in [0.25, 0.3) is 0 Å². The Labute approximate surface area is 118 Å². The Morgan fingerprint density at radius 2 is 2.16 bits per heavy atom. The van der Waals surface area contributed by atoms with Crippen molar-refractivity contribution in [3.63, 3.8) is 0 Å². The topological polar surface area (TPSA) is 71.8 Å². The Balaban J connectivity index is 2.07. The number of H-pyrrole nitrogens is 1. The van der Waals surface area contributed by atoms with Gasteiger partial charge in [-0.2, -0.15) is 0 Å². The Morgan fingerprint density at radius 1 is 1.42 bits per heavy atom. The van der Waals surface area contributed by atoms with Crippen molar-refractivity contribution in [2.75, 3.05) is 0 Å². The number of nitrogens with zero attached hydrogens (tertiary/aromatic N) is 1. The van der Waals surface area contributed by atoms with Crippen molar-refractivity contribution in [1.29, 1.82) is 0 Å². The molecule has 0 saturated heterocycles. The van der Waals surface area contributed by atoms with E-state index in [0.29, 0.717) is 21.7 Å². The molecule has 1 fully saturated rings. The van der Waals surface area contributed by atoms with Crippen LogP contribution in [-0.2, 0) is 0 Å². The van der Waals surface area contributed by atoms with Crippen LogP contribution >= 0.6 is 11.8 Å². The summed E-state index contributed by atoms with van der Waals surface area (Å²) in [6.07, 6.45) is 4.89. The highest BCUT2D eigenvalue weighted by molar-refractivity contribution is 7.99. The van der Waals surface area contributed by atoms with Crippen LogP contribution in [0, 0.1) is 11.3 Å². The lowest BCUT2D eigenvalue weighted by atomic mass is 9.71. The lowest BCUT2D eigenvalue weighted by Gasteiger charge is -2.40. The highest BCUT2D eigenvalue weighted by Gasteiger charge is 2.35. The molecular weight excluding hydrogens is 258 g/mol. The molecule has 0 amide bonds. The van der Waals surface area contributed by atoms with Gasteiger partial charge in [0.05, 0.1) is 0 Å². The third kappa shape index (κ3) is 3.83. The van der Waals surface area contributed by atoms with Gasteiger partial charge in [0.25, 0.3) is 5.56 Å². The van der Waals surface area contributed by atoms with Crippen molar-refractivity contribution in [2.45, 2.75) is 56.5 Å². The van der Waals surface area contributed by atoms with Crippen molar-refractivity contribution in [3.05, 3.63) is 22.6 Å². The minimum absolute atomic E-state index is 0.103. The van der Waals surface area contributed by atoms with Crippen molar-refractivity contribution in [1.82, 2.24) is 9.97 Å². The normalized spacial score (nSPS) is 28.3. The lowest BCUT2D eigenvalue weighted by molar-refractivity contribution is 0.174. The number of thioether (sulfide) groups is 1. The molecule has 1 aliphatic rings. The predicted octanol–water partition coefficient (Wildman–Crippen LogP) is 2.40. The summed E-state index contributed by atoms with van der Waals surface area (Å²) in [6, 6.07) is 1.62. The smallest absolute Gasteiger partial charge is 0.251 e. The molecule has 1 heterocycles. The highest BCUT2D eigenvalue weighted by atomic mass is 32.2. The molecule has 0 aliphatic heterocycles. The standard InChI is InChI=1S/C14H23N3OS/c1-14(2,3)9-4-5-10(15)11(8-9)19-13-16-7-6-12(18)17-13/h6-7,9-11H,4-5,8,15H2,1-3H3,(H,16,17,18). The van der Waals surface area contributed by atoms with Crippen LogP contribution in [0.4, 0.5) is 0 Å². The third-order valence-corrected chi connectivity index (χ3v) is 5.25. The first-order valence-corrected chi connectivity index (χ1v) is 7.72. The highest BCUT2D eigenvalue weighted by Crippen LogP contribution is 2.42. The molecule has 2 rings (SSSR count). The summed E-state index contributed by atoms with van der Waals surface area (Å²) in [6.45, 7) is 6.87. The van der Waals surface area contributed by atoms with Crippen LogP contribution in [0.1, 0.15) is 40.0 Å². The van der Waals surface area contributed by atoms with E-state index >= 15 is 0 Å². The van der Waals surface area contributed by atoms with Crippen LogP contribution in [0.2, 0.25) is 0 Å². The molecule has 3 unspecified atom stereocenters. The Hall–Kier alpha value is -0.810. The fourth-order valence-electron chi connectivity index (χ4n) is 2.63. The van der Waals surface area contributed by atoms with Crippen LogP contribution in [0.3, 0.4) is 0 Å². The summed E-state index contributed by atoms with van der Waals surface area (Å²) < 4.78 is 0. The summed E-state index contributed by atoms with van der Waals surface area (Å²) >= 11 is 1.61. The maximum absolute atomic E-state index is 11.3. The number of nitrogens with two attached hydrogens (primary N) is 1. The minimum Gasteiger partial charge on any atom is -0.327 e. The molecular formula is C14H23N3OS. The summed E-state index contributed by atoms with van der Waals surface area (Å²) in [5.74, 6) is 0.681. The molecule has 4 nitrogen and oxygen atoms in total. The molecule has 1 aliphatic carbocycles. The van der Waals surface area contributed by atoms with E-state index in [1.54, 1.807) is 18.0 Å². The van der Waals surface area contributed by atoms with E-state index < -0.39 is 0 Å².